The predicted molar refractivity (Wildman–Crippen MR) is 126 cm³/mol. The zero-order valence-electron chi connectivity index (χ0n) is 16.8. The molecular formula is C23H27Cl2N3O2. The summed E-state index contributed by atoms with van der Waals surface area (Å²) in [6.45, 7) is 0. The van der Waals surface area contributed by atoms with Gasteiger partial charge in [-0.05, 0) is 62.1 Å². The minimum absolute atomic E-state index is 0. The lowest BCUT2D eigenvalue weighted by molar-refractivity contribution is 0.0927. The maximum atomic E-state index is 13.1. The Morgan fingerprint density at radius 2 is 1.70 bits per heavy atom. The molecule has 0 bridgehead atoms. The number of hydrogen-bond acceptors (Lipinski definition) is 4. The number of fused-ring (bicyclic) bond motifs is 1. The van der Waals surface area contributed by atoms with Crippen LogP contribution in [-0.2, 0) is 0 Å². The summed E-state index contributed by atoms with van der Waals surface area (Å²) in [6.07, 6.45) is 3.78. The van der Waals surface area contributed by atoms with Crippen LogP contribution in [0.2, 0.25) is 0 Å². The van der Waals surface area contributed by atoms with E-state index < -0.39 is 0 Å². The highest BCUT2D eigenvalue weighted by molar-refractivity contribution is 6.07. The number of pyridine rings is 1. The van der Waals surface area contributed by atoms with Crippen molar-refractivity contribution in [3.63, 3.8) is 0 Å². The zero-order valence-corrected chi connectivity index (χ0v) is 18.5. The Balaban J connectivity index is 0.00000160. The van der Waals surface area contributed by atoms with Crippen molar-refractivity contribution in [2.75, 3.05) is 7.11 Å². The summed E-state index contributed by atoms with van der Waals surface area (Å²) < 4.78 is 5.24. The van der Waals surface area contributed by atoms with Crippen molar-refractivity contribution in [3.8, 4) is 17.0 Å². The van der Waals surface area contributed by atoms with E-state index in [0.717, 1.165) is 53.6 Å². The number of hydrogen-bond donors (Lipinski definition) is 2. The van der Waals surface area contributed by atoms with E-state index in [9.17, 15) is 4.79 Å². The fourth-order valence-electron chi connectivity index (χ4n) is 3.80. The molecule has 1 aliphatic carbocycles. The second-order valence-electron chi connectivity index (χ2n) is 7.39. The number of ether oxygens (including phenoxy) is 1. The van der Waals surface area contributed by atoms with E-state index >= 15 is 0 Å². The summed E-state index contributed by atoms with van der Waals surface area (Å²) >= 11 is 0. The van der Waals surface area contributed by atoms with Gasteiger partial charge in [0.05, 0.1) is 23.9 Å². The first-order valence-electron chi connectivity index (χ1n) is 9.74. The Morgan fingerprint density at radius 1 is 1.03 bits per heavy atom. The van der Waals surface area contributed by atoms with E-state index in [-0.39, 0.29) is 42.8 Å². The van der Waals surface area contributed by atoms with Gasteiger partial charge in [0.1, 0.15) is 5.75 Å². The molecule has 2 aromatic carbocycles. The molecule has 0 saturated heterocycles. The SMILES string of the molecule is COc1ccc(-c2cc(C(=O)NC3CCC(N)CC3)c3ccccc3n2)cc1.Cl.Cl. The van der Waals surface area contributed by atoms with Crippen molar-refractivity contribution in [1.29, 1.82) is 0 Å². The molecule has 1 saturated carbocycles. The highest BCUT2D eigenvalue weighted by atomic mass is 35.5. The minimum atomic E-state index is -0.0474. The van der Waals surface area contributed by atoms with Gasteiger partial charge in [0.25, 0.3) is 5.91 Å². The number of carbonyl (C=O) groups is 1. The number of methoxy groups -OCH3 is 1. The minimum Gasteiger partial charge on any atom is -0.497 e. The number of carbonyl (C=O) groups excluding carboxylic acids is 1. The third-order valence-electron chi connectivity index (χ3n) is 5.45. The Labute approximate surface area is 189 Å². The number of rotatable bonds is 4. The highest BCUT2D eigenvalue weighted by Crippen LogP contribution is 2.27. The van der Waals surface area contributed by atoms with Gasteiger partial charge in [-0.15, -0.1) is 24.8 Å². The van der Waals surface area contributed by atoms with Crippen molar-refractivity contribution in [1.82, 2.24) is 10.3 Å². The van der Waals surface area contributed by atoms with Gasteiger partial charge in [0.15, 0.2) is 0 Å². The van der Waals surface area contributed by atoms with Crippen LogP contribution in [0.3, 0.4) is 0 Å². The number of nitrogens with one attached hydrogen (secondary N) is 1. The second kappa shape index (κ2) is 10.6. The maximum absolute atomic E-state index is 13.1. The number of halogens is 2. The van der Waals surface area contributed by atoms with Crippen molar-refractivity contribution in [2.45, 2.75) is 37.8 Å². The number of benzene rings is 2. The van der Waals surface area contributed by atoms with Crippen LogP contribution in [0.25, 0.3) is 22.2 Å². The van der Waals surface area contributed by atoms with Crippen LogP contribution < -0.4 is 15.8 Å². The summed E-state index contributed by atoms with van der Waals surface area (Å²) in [5.41, 5.74) is 9.18. The van der Waals surface area contributed by atoms with Gasteiger partial charge in [-0.25, -0.2) is 4.98 Å². The number of nitrogens with two attached hydrogens (primary N) is 1. The predicted octanol–water partition coefficient (Wildman–Crippen LogP) is 4.75. The van der Waals surface area contributed by atoms with E-state index in [1.165, 1.54) is 0 Å². The second-order valence-corrected chi connectivity index (χ2v) is 7.39. The van der Waals surface area contributed by atoms with Crippen LogP contribution >= 0.6 is 24.8 Å². The third kappa shape index (κ3) is 5.22. The topological polar surface area (TPSA) is 77.2 Å². The van der Waals surface area contributed by atoms with Gasteiger partial charge in [-0.1, -0.05) is 18.2 Å². The van der Waals surface area contributed by atoms with Crippen molar-refractivity contribution in [3.05, 3.63) is 60.2 Å². The smallest absolute Gasteiger partial charge is 0.252 e. The lowest BCUT2D eigenvalue weighted by atomic mass is 9.91. The lowest BCUT2D eigenvalue weighted by Gasteiger charge is -2.27. The largest absolute Gasteiger partial charge is 0.497 e. The molecule has 3 aromatic rings. The molecule has 0 spiro atoms. The molecule has 1 fully saturated rings. The van der Waals surface area contributed by atoms with Crippen molar-refractivity contribution in [2.24, 2.45) is 5.73 Å². The zero-order chi connectivity index (χ0) is 19.5. The van der Waals surface area contributed by atoms with Crippen molar-refractivity contribution < 1.29 is 9.53 Å². The molecule has 0 radical (unpaired) electrons. The molecule has 1 aliphatic rings. The average Bonchev–Trinajstić information content (AvgIpc) is 2.74. The van der Waals surface area contributed by atoms with Gasteiger partial charge in [0, 0.05) is 23.0 Å². The first-order valence-corrected chi connectivity index (χ1v) is 9.74. The molecule has 160 valence electrons. The van der Waals surface area contributed by atoms with E-state index in [1.54, 1.807) is 7.11 Å². The highest BCUT2D eigenvalue weighted by Gasteiger charge is 2.22. The first-order chi connectivity index (χ1) is 13.6. The summed E-state index contributed by atoms with van der Waals surface area (Å²) in [4.78, 5) is 17.9. The quantitative estimate of drug-likeness (QED) is 0.604. The van der Waals surface area contributed by atoms with E-state index in [0.29, 0.717) is 5.56 Å². The number of amides is 1. The normalized spacial score (nSPS) is 18.1. The van der Waals surface area contributed by atoms with Gasteiger partial charge >= 0.3 is 0 Å². The van der Waals surface area contributed by atoms with E-state index in [2.05, 4.69) is 5.32 Å². The number of para-hydroxylation sites is 1. The lowest BCUT2D eigenvalue weighted by Crippen LogP contribution is -2.40. The average molecular weight is 448 g/mol. The number of nitrogens with zero attached hydrogens (tertiary/aromatic N) is 1. The molecule has 1 amide bonds. The summed E-state index contributed by atoms with van der Waals surface area (Å²) in [5, 5.41) is 4.07. The summed E-state index contributed by atoms with van der Waals surface area (Å²) in [6, 6.07) is 17.8. The van der Waals surface area contributed by atoms with Crippen molar-refractivity contribution >= 4 is 41.6 Å². The molecule has 3 N–H and O–H groups in total. The molecule has 30 heavy (non-hydrogen) atoms. The fourth-order valence-corrected chi connectivity index (χ4v) is 3.80. The Bertz CT molecular complexity index is 987. The van der Waals surface area contributed by atoms with Crippen LogP contribution in [0.5, 0.6) is 5.75 Å². The Kier molecular flexibility index (Phi) is 8.47. The molecule has 1 heterocycles. The molecule has 0 atom stereocenters. The Morgan fingerprint density at radius 3 is 2.37 bits per heavy atom. The van der Waals surface area contributed by atoms with Crippen LogP contribution in [0.15, 0.2) is 54.6 Å². The molecule has 4 rings (SSSR count). The molecule has 7 heteroatoms. The van der Waals surface area contributed by atoms with Gasteiger partial charge in [-0.3, -0.25) is 4.79 Å². The van der Waals surface area contributed by atoms with Crippen LogP contribution in [0, 0.1) is 0 Å². The van der Waals surface area contributed by atoms with Crippen LogP contribution in [0.4, 0.5) is 0 Å². The molecule has 0 aliphatic heterocycles. The molecule has 1 aromatic heterocycles. The monoisotopic (exact) mass is 447 g/mol. The van der Waals surface area contributed by atoms with E-state index in [1.807, 2.05) is 54.6 Å². The van der Waals surface area contributed by atoms with E-state index in [4.69, 9.17) is 15.5 Å². The molecule has 5 nitrogen and oxygen atoms in total. The van der Waals surface area contributed by atoms with Gasteiger partial charge in [-0.2, -0.15) is 0 Å². The molecular weight excluding hydrogens is 421 g/mol. The van der Waals surface area contributed by atoms with Crippen LogP contribution in [0.1, 0.15) is 36.0 Å². The summed E-state index contributed by atoms with van der Waals surface area (Å²) in [5.74, 6) is 0.742. The third-order valence-corrected chi connectivity index (χ3v) is 5.45. The Hall–Kier alpha value is -2.34. The fraction of sp³-hybridized carbons (Fsp3) is 0.304. The van der Waals surface area contributed by atoms with Gasteiger partial charge < -0.3 is 15.8 Å². The van der Waals surface area contributed by atoms with Gasteiger partial charge in [0.2, 0.25) is 0 Å². The first kappa shape index (κ1) is 23.9. The summed E-state index contributed by atoms with van der Waals surface area (Å²) in [7, 11) is 1.64. The maximum Gasteiger partial charge on any atom is 0.252 e. The molecule has 0 unspecified atom stereocenters. The number of aromatic nitrogens is 1. The standard InChI is InChI=1S/C23H25N3O2.2ClH/c1-28-18-12-6-15(7-13-18)22-14-20(19-4-2-3-5-21(19)26-22)23(27)25-17-10-8-16(24)9-11-17;;/h2-7,12-14,16-17H,8-11,24H2,1H3,(H,25,27);2*1H. The van der Waals surface area contributed by atoms with Crippen LogP contribution in [-0.4, -0.2) is 30.1 Å².